The van der Waals surface area contributed by atoms with Gasteiger partial charge in [0, 0.05) is 17.7 Å². The number of aromatic nitrogens is 3. The molecule has 3 aromatic rings. The highest BCUT2D eigenvalue weighted by atomic mass is 32.2. The number of ketones is 1. The number of carbonyl (C=O) groups excluding carboxylic acids is 1. The van der Waals surface area contributed by atoms with Crippen LogP contribution in [0, 0.1) is 5.92 Å². The summed E-state index contributed by atoms with van der Waals surface area (Å²) in [5, 5.41) is 9.57. The van der Waals surface area contributed by atoms with Crippen molar-refractivity contribution in [2.24, 2.45) is 5.92 Å². The first kappa shape index (κ1) is 22.1. The smallest absolute Gasteiger partial charge is 0.191 e. The predicted molar refractivity (Wildman–Crippen MR) is 122 cm³/mol. The van der Waals surface area contributed by atoms with Gasteiger partial charge < -0.3 is 9.30 Å². The second kappa shape index (κ2) is 10.4. The highest BCUT2D eigenvalue weighted by Crippen LogP contribution is 2.27. The van der Waals surface area contributed by atoms with E-state index in [2.05, 4.69) is 35.5 Å². The molecule has 0 unspecified atom stereocenters. The van der Waals surface area contributed by atoms with Crippen molar-refractivity contribution in [1.29, 1.82) is 0 Å². The molecule has 6 heteroatoms. The maximum absolute atomic E-state index is 12.7. The van der Waals surface area contributed by atoms with E-state index in [4.69, 9.17) is 4.74 Å². The summed E-state index contributed by atoms with van der Waals surface area (Å²) in [6.07, 6.45) is 2.14. The number of ether oxygens (including phenoxy) is 1. The molecule has 0 atom stereocenters. The number of methoxy groups -OCH3 is 1. The van der Waals surface area contributed by atoms with Crippen molar-refractivity contribution in [1.82, 2.24) is 14.8 Å². The fourth-order valence-electron chi connectivity index (χ4n) is 3.24. The molecule has 1 aromatic heterocycles. The van der Waals surface area contributed by atoms with E-state index in [0.29, 0.717) is 11.7 Å². The third-order valence-corrected chi connectivity index (χ3v) is 5.73. The Morgan fingerprint density at radius 2 is 1.77 bits per heavy atom. The summed E-state index contributed by atoms with van der Waals surface area (Å²) < 4.78 is 7.35. The van der Waals surface area contributed by atoms with Gasteiger partial charge in [0.05, 0.1) is 12.9 Å². The van der Waals surface area contributed by atoms with E-state index in [-0.39, 0.29) is 5.78 Å². The van der Waals surface area contributed by atoms with Crippen molar-refractivity contribution in [3.8, 4) is 17.1 Å². The van der Waals surface area contributed by atoms with Crippen molar-refractivity contribution in [3.63, 3.8) is 0 Å². The van der Waals surface area contributed by atoms with Crippen LogP contribution in [-0.4, -0.2) is 33.4 Å². The Morgan fingerprint density at radius 1 is 1.07 bits per heavy atom. The Hall–Kier alpha value is -2.60. The zero-order valence-corrected chi connectivity index (χ0v) is 18.9. The third-order valence-electron chi connectivity index (χ3n) is 4.76. The maximum Gasteiger partial charge on any atom is 0.191 e. The van der Waals surface area contributed by atoms with E-state index in [1.807, 2.05) is 48.5 Å². The second-order valence-electron chi connectivity index (χ2n) is 7.70. The molecule has 158 valence electrons. The fourth-order valence-corrected chi connectivity index (χ4v) is 4.08. The zero-order valence-electron chi connectivity index (χ0n) is 18.1. The van der Waals surface area contributed by atoms with Crippen molar-refractivity contribution in [2.75, 3.05) is 12.9 Å². The van der Waals surface area contributed by atoms with E-state index in [0.717, 1.165) is 47.2 Å². The number of hydrogen-bond acceptors (Lipinski definition) is 5. The van der Waals surface area contributed by atoms with E-state index in [9.17, 15) is 4.79 Å². The molecule has 0 saturated carbocycles. The molecule has 0 saturated heterocycles. The van der Waals surface area contributed by atoms with Gasteiger partial charge in [-0.2, -0.15) is 0 Å². The van der Waals surface area contributed by atoms with Crippen molar-refractivity contribution < 1.29 is 9.53 Å². The molecular formula is C24H29N3O2S. The lowest BCUT2D eigenvalue weighted by molar-refractivity contribution is 0.102. The number of thioether (sulfide) groups is 1. The van der Waals surface area contributed by atoms with Gasteiger partial charge in [-0.05, 0) is 42.2 Å². The fraction of sp³-hybridized carbons (Fsp3) is 0.375. The van der Waals surface area contributed by atoms with Gasteiger partial charge in [0.1, 0.15) is 5.75 Å². The third kappa shape index (κ3) is 5.51. The lowest BCUT2D eigenvalue weighted by Gasteiger charge is -2.12. The first-order chi connectivity index (χ1) is 14.5. The van der Waals surface area contributed by atoms with Crippen LogP contribution in [0.25, 0.3) is 11.4 Å². The van der Waals surface area contributed by atoms with Gasteiger partial charge in [0.2, 0.25) is 0 Å². The molecule has 0 amide bonds. The van der Waals surface area contributed by atoms with E-state index >= 15 is 0 Å². The van der Waals surface area contributed by atoms with Crippen LogP contribution in [0.1, 0.15) is 43.1 Å². The minimum absolute atomic E-state index is 0.105. The number of nitrogens with zero attached hydrogens (tertiary/aromatic N) is 3. The molecule has 0 aliphatic carbocycles. The number of rotatable bonds is 10. The molecule has 0 radical (unpaired) electrons. The van der Waals surface area contributed by atoms with Crippen LogP contribution in [0.2, 0.25) is 0 Å². The normalized spacial score (nSPS) is 11.1. The number of Topliss-reactive ketones (excluding diaryl/α,β-unsaturated/α-hetero) is 1. The largest absolute Gasteiger partial charge is 0.497 e. The quantitative estimate of drug-likeness (QED) is 0.317. The molecule has 30 heavy (non-hydrogen) atoms. The predicted octanol–water partition coefficient (Wildman–Crippen LogP) is 5.54. The van der Waals surface area contributed by atoms with Gasteiger partial charge in [0.15, 0.2) is 16.8 Å². The lowest BCUT2D eigenvalue weighted by Crippen LogP contribution is -2.09. The zero-order chi connectivity index (χ0) is 21.5. The second-order valence-corrected chi connectivity index (χ2v) is 8.64. The molecule has 5 nitrogen and oxygen atoms in total. The van der Waals surface area contributed by atoms with Crippen molar-refractivity contribution >= 4 is 17.5 Å². The minimum atomic E-state index is 0.105. The van der Waals surface area contributed by atoms with Crippen LogP contribution in [0.4, 0.5) is 0 Å². The summed E-state index contributed by atoms with van der Waals surface area (Å²) in [6.45, 7) is 7.27. The summed E-state index contributed by atoms with van der Waals surface area (Å²) >= 11 is 1.44. The first-order valence-electron chi connectivity index (χ1n) is 10.3. The average molecular weight is 424 g/mol. The molecule has 0 N–H and O–H groups in total. The van der Waals surface area contributed by atoms with E-state index in [1.165, 1.54) is 17.3 Å². The van der Waals surface area contributed by atoms with E-state index < -0.39 is 0 Å². The Morgan fingerprint density at radius 3 is 2.37 bits per heavy atom. The molecule has 0 fully saturated rings. The van der Waals surface area contributed by atoms with Crippen LogP contribution >= 0.6 is 11.8 Å². The summed E-state index contributed by atoms with van der Waals surface area (Å²) in [5.41, 5.74) is 2.99. The number of carbonyl (C=O) groups is 1. The van der Waals surface area contributed by atoms with E-state index in [1.54, 1.807) is 7.11 Å². The van der Waals surface area contributed by atoms with Gasteiger partial charge >= 0.3 is 0 Å². The van der Waals surface area contributed by atoms with Crippen LogP contribution in [0.15, 0.2) is 53.7 Å². The summed E-state index contributed by atoms with van der Waals surface area (Å²) in [7, 11) is 1.65. The molecule has 0 bridgehead atoms. The summed E-state index contributed by atoms with van der Waals surface area (Å²) in [6, 6.07) is 15.7. The molecule has 0 aliphatic heterocycles. The standard InChI is InChI=1S/C24H29N3O2S/c1-5-6-18-7-9-19(10-8-18)22(28)16-30-24-26-25-23(27(24)15-17(2)3)20-11-13-21(29-4)14-12-20/h7-14,17H,5-6,15-16H2,1-4H3. The average Bonchev–Trinajstić information content (AvgIpc) is 3.14. The maximum atomic E-state index is 12.7. The Labute approximate surface area is 182 Å². The lowest BCUT2D eigenvalue weighted by atomic mass is 10.1. The van der Waals surface area contributed by atoms with Crippen LogP contribution < -0.4 is 4.74 Å². The Bertz CT molecular complexity index is 963. The number of benzene rings is 2. The first-order valence-corrected chi connectivity index (χ1v) is 11.3. The number of aryl methyl sites for hydroxylation is 1. The van der Waals surface area contributed by atoms with Gasteiger partial charge in [-0.3, -0.25) is 4.79 Å². The highest BCUT2D eigenvalue weighted by Gasteiger charge is 2.17. The SMILES string of the molecule is CCCc1ccc(C(=O)CSc2nnc(-c3ccc(OC)cc3)n2CC(C)C)cc1. The van der Waals surface area contributed by atoms with Gasteiger partial charge in [-0.25, -0.2) is 0 Å². The molecule has 1 heterocycles. The van der Waals surface area contributed by atoms with Crippen LogP contribution in [-0.2, 0) is 13.0 Å². The molecule has 0 spiro atoms. The Kier molecular flexibility index (Phi) is 7.69. The van der Waals surface area contributed by atoms with Crippen LogP contribution in [0.3, 0.4) is 0 Å². The molecule has 3 rings (SSSR count). The topological polar surface area (TPSA) is 57.0 Å². The van der Waals surface area contributed by atoms with Crippen molar-refractivity contribution in [2.45, 2.75) is 45.3 Å². The van der Waals surface area contributed by atoms with Gasteiger partial charge in [-0.1, -0.05) is 63.2 Å². The summed E-state index contributed by atoms with van der Waals surface area (Å²) in [5.74, 6) is 2.49. The highest BCUT2D eigenvalue weighted by molar-refractivity contribution is 7.99. The summed E-state index contributed by atoms with van der Waals surface area (Å²) in [4.78, 5) is 12.7. The molecular weight excluding hydrogens is 394 g/mol. The molecule has 2 aromatic carbocycles. The van der Waals surface area contributed by atoms with Gasteiger partial charge in [-0.15, -0.1) is 10.2 Å². The minimum Gasteiger partial charge on any atom is -0.497 e. The Balaban J connectivity index is 1.76. The van der Waals surface area contributed by atoms with Gasteiger partial charge in [0.25, 0.3) is 0 Å². The molecule has 0 aliphatic rings. The monoisotopic (exact) mass is 423 g/mol. The number of hydrogen-bond donors (Lipinski definition) is 0. The van der Waals surface area contributed by atoms with Crippen molar-refractivity contribution in [3.05, 3.63) is 59.7 Å². The van der Waals surface area contributed by atoms with Crippen LogP contribution in [0.5, 0.6) is 5.75 Å².